The fraction of sp³-hybridized carbons (Fsp3) is 0.500. The Balaban J connectivity index is 2.62. The molecule has 0 fully saturated rings. The molecule has 0 saturated heterocycles. The van der Waals surface area contributed by atoms with Crippen LogP contribution in [0.4, 0.5) is 8.78 Å². The third-order valence-corrected chi connectivity index (χ3v) is 4.97. The minimum Gasteiger partial charge on any atom is -0.310 e. The quantitative estimate of drug-likeness (QED) is 0.842. The molecule has 0 radical (unpaired) electrons. The van der Waals surface area contributed by atoms with Crippen LogP contribution in [0, 0.1) is 11.6 Å². The first kappa shape index (κ1) is 13.4. The van der Waals surface area contributed by atoms with Crippen molar-refractivity contribution in [1.29, 1.82) is 0 Å². The Morgan fingerprint density at radius 3 is 2.67 bits per heavy atom. The van der Waals surface area contributed by atoms with Gasteiger partial charge in [0.2, 0.25) is 0 Å². The largest absolute Gasteiger partial charge is 0.310 e. The van der Waals surface area contributed by atoms with Crippen molar-refractivity contribution in [2.24, 2.45) is 0 Å². The van der Waals surface area contributed by atoms with Crippen LogP contribution in [-0.2, 0) is 9.84 Å². The molecule has 0 aliphatic carbocycles. The summed E-state index contributed by atoms with van der Waals surface area (Å²) in [5.74, 6) is -2.14. The molecular weight excluding hydrogens is 260 g/mol. The minimum absolute atomic E-state index is 0.0209. The predicted octanol–water partition coefficient (Wildman–Crippen LogP) is 2.18. The van der Waals surface area contributed by atoms with Crippen LogP contribution >= 0.6 is 0 Å². The summed E-state index contributed by atoms with van der Waals surface area (Å²) >= 11 is 0. The molecule has 1 atom stereocenters. The van der Waals surface area contributed by atoms with Crippen LogP contribution in [0.15, 0.2) is 17.0 Å². The van der Waals surface area contributed by atoms with E-state index in [0.717, 1.165) is 12.1 Å². The topological polar surface area (TPSA) is 46.2 Å². The highest BCUT2D eigenvalue weighted by Crippen LogP contribution is 2.32. The zero-order valence-electron chi connectivity index (χ0n) is 10.0. The summed E-state index contributed by atoms with van der Waals surface area (Å²) in [5, 5.41) is 3.11. The first-order valence-corrected chi connectivity index (χ1v) is 7.56. The van der Waals surface area contributed by atoms with Gasteiger partial charge in [0.15, 0.2) is 21.5 Å². The molecule has 100 valence electrons. The number of hydrogen-bond acceptors (Lipinski definition) is 3. The molecule has 6 heteroatoms. The van der Waals surface area contributed by atoms with E-state index < -0.39 is 21.5 Å². The van der Waals surface area contributed by atoms with Gasteiger partial charge in [-0.25, -0.2) is 17.2 Å². The molecule has 3 nitrogen and oxygen atoms in total. The van der Waals surface area contributed by atoms with E-state index >= 15 is 0 Å². The van der Waals surface area contributed by atoms with Crippen LogP contribution in [0.1, 0.15) is 31.4 Å². The van der Waals surface area contributed by atoms with E-state index in [9.17, 15) is 17.2 Å². The molecule has 0 amide bonds. The number of halogens is 2. The standard InChI is InChI=1S/C12H15F2NO2S/c1-2-15-11-4-3-5-18(16,17)12-7-10(14)9(13)6-8(11)12/h6-7,11,15H,2-5H2,1H3. The zero-order valence-corrected chi connectivity index (χ0v) is 10.9. The molecule has 1 aromatic rings. The number of nitrogens with one attached hydrogen (secondary N) is 1. The smallest absolute Gasteiger partial charge is 0.178 e. The Morgan fingerprint density at radius 1 is 1.33 bits per heavy atom. The lowest BCUT2D eigenvalue weighted by Gasteiger charge is -2.18. The molecule has 2 rings (SSSR count). The Bertz CT molecular complexity index is 557. The van der Waals surface area contributed by atoms with Crippen molar-refractivity contribution in [3.05, 3.63) is 29.3 Å². The Morgan fingerprint density at radius 2 is 2.00 bits per heavy atom. The summed E-state index contributed by atoms with van der Waals surface area (Å²) in [6.45, 7) is 2.53. The van der Waals surface area contributed by atoms with Crippen molar-refractivity contribution in [3.8, 4) is 0 Å². The van der Waals surface area contributed by atoms with Gasteiger partial charge in [-0.1, -0.05) is 6.92 Å². The van der Waals surface area contributed by atoms with Gasteiger partial charge in [-0.3, -0.25) is 0 Å². The Labute approximate surface area is 105 Å². The lowest BCUT2D eigenvalue weighted by atomic mass is 10.0. The van der Waals surface area contributed by atoms with Gasteiger partial charge < -0.3 is 5.32 Å². The van der Waals surface area contributed by atoms with E-state index in [0.29, 0.717) is 24.9 Å². The van der Waals surface area contributed by atoms with Crippen molar-refractivity contribution in [1.82, 2.24) is 5.32 Å². The summed E-state index contributed by atoms with van der Waals surface area (Å²) in [6.07, 6.45) is 1.09. The van der Waals surface area contributed by atoms with Crippen LogP contribution in [0.2, 0.25) is 0 Å². The zero-order chi connectivity index (χ0) is 13.3. The van der Waals surface area contributed by atoms with Gasteiger partial charge in [0.1, 0.15) is 0 Å². The van der Waals surface area contributed by atoms with Crippen molar-refractivity contribution >= 4 is 9.84 Å². The maximum absolute atomic E-state index is 13.3. The second-order valence-electron chi connectivity index (χ2n) is 4.38. The molecule has 1 aromatic carbocycles. The molecular formula is C12H15F2NO2S. The van der Waals surface area contributed by atoms with Gasteiger partial charge in [-0.15, -0.1) is 0 Å². The van der Waals surface area contributed by atoms with E-state index in [1.807, 2.05) is 6.92 Å². The molecule has 1 heterocycles. The number of hydrogen-bond donors (Lipinski definition) is 1. The van der Waals surface area contributed by atoms with Crippen molar-refractivity contribution in [2.75, 3.05) is 12.3 Å². The van der Waals surface area contributed by atoms with Crippen molar-refractivity contribution in [3.63, 3.8) is 0 Å². The third kappa shape index (κ3) is 2.40. The Hall–Kier alpha value is -1.01. The van der Waals surface area contributed by atoms with E-state index in [1.54, 1.807) is 0 Å². The van der Waals surface area contributed by atoms with Crippen LogP contribution in [0.25, 0.3) is 0 Å². The normalized spacial score (nSPS) is 22.3. The second kappa shape index (κ2) is 4.93. The molecule has 0 spiro atoms. The highest BCUT2D eigenvalue weighted by Gasteiger charge is 2.29. The van der Waals surface area contributed by atoms with Gasteiger partial charge in [-0.2, -0.15) is 0 Å². The van der Waals surface area contributed by atoms with Crippen molar-refractivity contribution in [2.45, 2.75) is 30.7 Å². The fourth-order valence-corrected chi connectivity index (χ4v) is 3.90. The molecule has 1 N–H and O–H groups in total. The van der Waals surface area contributed by atoms with E-state index in [-0.39, 0.29) is 16.7 Å². The molecule has 0 saturated carbocycles. The molecule has 18 heavy (non-hydrogen) atoms. The summed E-state index contributed by atoms with van der Waals surface area (Å²) in [4.78, 5) is -0.0788. The SMILES string of the molecule is CCNC1CCCS(=O)(=O)c2cc(F)c(F)cc21. The number of rotatable bonds is 2. The summed E-state index contributed by atoms with van der Waals surface area (Å²) in [7, 11) is -3.52. The minimum atomic E-state index is -3.52. The van der Waals surface area contributed by atoms with Crippen LogP contribution in [0.5, 0.6) is 0 Å². The average molecular weight is 275 g/mol. The van der Waals surface area contributed by atoms with Crippen molar-refractivity contribution < 1.29 is 17.2 Å². The molecule has 1 aliphatic rings. The highest BCUT2D eigenvalue weighted by molar-refractivity contribution is 7.91. The van der Waals surface area contributed by atoms with E-state index in [2.05, 4.69) is 5.32 Å². The first-order chi connectivity index (χ1) is 8.45. The second-order valence-corrected chi connectivity index (χ2v) is 6.45. The van der Waals surface area contributed by atoms with E-state index in [1.165, 1.54) is 0 Å². The fourth-order valence-electron chi connectivity index (χ4n) is 2.29. The Kier molecular flexibility index (Phi) is 3.68. The van der Waals surface area contributed by atoms with Crippen LogP contribution in [-0.4, -0.2) is 20.7 Å². The third-order valence-electron chi connectivity index (χ3n) is 3.12. The lowest BCUT2D eigenvalue weighted by Crippen LogP contribution is -2.21. The van der Waals surface area contributed by atoms with Gasteiger partial charge in [0.25, 0.3) is 0 Å². The first-order valence-electron chi connectivity index (χ1n) is 5.91. The van der Waals surface area contributed by atoms with Gasteiger partial charge >= 0.3 is 0 Å². The summed E-state index contributed by atoms with van der Waals surface area (Å²) in [6, 6.07) is 1.56. The monoisotopic (exact) mass is 275 g/mol. The maximum atomic E-state index is 13.3. The molecule has 1 aliphatic heterocycles. The van der Waals surface area contributed by atoms with Crippen LogP contribution in [0.3, 0.4) is 0 Å². The lowest BCUT2D eigenvalue weighted by molar-refractivity contribution is 0.480. The highest BCUT2D eigenvalue weighted by atomic mass is 32.2. The van der Waals surface area contributed by atoms with E-state index in [4.69, 9.17) is 0 Å². The van der Waals surface area contributed by atoms with Gasteiger partial charge in [0, 0.05) is 6.04 Å². The predicted molar refractivity (Wildman–Crippen MR) is 64.1 cm³/mol. The average Bonchev–Trinajstić information content (AvgIpc) is 2.40. The van der Waals surface area contributed by atoms with Gasteiger partial charge in [-0.05, 0) is 37.1 Å². The molecule has 0 bridgehead atoms. The number of benzene rings is 1. The molecule has 1 unspecified atom stereocenters. The maximum Gasteiger partial charge on any atom is 0.178 e. The van der Waals surface area contributed by atoms with Gasteiger partial charge in [0.05, 0.1) is 10.6 Å². The molecule has 0 aromatic heterocycles. The number of sulfone groups is 1. The van der Waals surface area contributed by atoms with Crippen LogP contribution < -0.4 is 5.32 Å². The summed E-state index contributed by atoms with van der Waals surface area (Å²) < 4.78 is 50.5. The summed E-state index contributed by atoms with van der Waals surface area (Å²) in [5.41, 5.74) is 0.341. The number of fused-ring (bicyclic) bond motifs is 1.